The fourth-order valence-corrected chi connectivity index (χ4v) is 3.31. The van der Waals surface area contributed by atoms with Crippen molar-refractivity contribution < 1.29 is 23.7 Å². The number of nitrogens with one attached hydrogen (secondary N) is 1. The van der Waals surface area contributed by atoms with Crippen LogP contribution in [-0.4, -0.2) is 35.5 Å². The minimum atomic E-state index is -0.935. The molecule has 9 nitrogen and oxygen atoms in total. The molecule has 156 valence electrons. The maximum absolute atomic E-state index is 13.1. The topological polar surface area (TPSA) is 127 Å². The molecule has 3 rings (SSSR count). The zero-order valence-corrected chi connectivity index (χ0v) is 17.2. The van der Waals surface area contributed by atoms with Crippen molar-refractivity contribution in [2.45, 2.75) is 33.6 Å². The van der Waals surface area contributed by atoms with Crippen LogP contribution in [0.3, 0.4) is 0 Å². The predicted octanol–water partition coefficient (Wildman–Crippen LogP) is 2.72. The molecular formula is C21H22N4O5. The highest BCUT2D eigenvalue weighted by Crippen LogP contribution is 2.41. The second kappa shape index (κ2) is 8.78. The van der Waals surface area contributed by atoms with Gasteiger partial charge in [-0.15, -0.1) is 0 Å². The highest BCUT2D eigenvalue weighted by atomic mass is 16.6. The van der Waals surface area contributed by atoms with Crippen LogP contribution < -0.4 is 5.32 Å². The van der Waals surface area contributed by atoms with Gasteiger partial charge in [0.1, 0.15) is 22.8 Å². The summed E-state index contributed by atoms with van der Waals surface area (Å²) in [6.45, 7) is 7.48. The molecule has 0 saturated heterocycles. The number of hydrogen-bond donors (Lipinski definition) is 1. The molecule has 1 N–H and O–H groups in total. The number of ether oxygens (including phenoxy) is 2. The zero-order valence-electron chi connectivity index (χ0n) is 17.2. The lowest BCUT2D eigenvalue weighted by Crippen LogP contribution is -2.33. The van der Waals surface area contributed by atoms with Crippen LogP contribution in [0, 0.1) is 17.2 Å². The molecule has 0 radical (unpaired) electrons. The first-order valence-corrected chi connectivity index (χ1v) is 9.56. The summed E-state index contributed by atoms with van der Waals surface area (Å²) in [6.07, 6.45) is 0. The number of aromatic nitrogens is 2. The van der Waals surface area contributed by atoms with E-state index in [2.05, 4.69) is 15.6 Å². The smallest absolute Gasteiger partial charge is 0.337 e. The first-order chi connectivity index (χ1) is 14.4. The van der Waals surface area contributed by atoms with Gasteiger partial charge in [0, 0.05) is 5.70 Å². The molecular weight excluding hydrogens is 388 g/mol. The van der Waals surface area contributed by atoms with Crippen molar-refractivity contribution in [1.29, 1.82) is 5.26 Å². The molecule has 0 spiro atoms. The van der Waals surface area contributed by atoms with E-state index in [-0.39, 0.29) is 36.0 Å². The molecule has 0 amide bonds. The largest absolute Gasteiger partial charge is 0.463 e. The number of nitriles is 1. The van der Waals surface area contributed by atoms with Crippen molar-refractivity contribution in [3.8, 4) is 6.07 Å². The number of carbonyl (C=O) groups is 2. The fraction of sp³-hybridized carbons (Fsp3) is 0.381. The lowest BCUT2D eigenvalue weighted by atomic mass is 9.80. The normalized spacial score (nSPS) is 16.5. The van der Waals surface area contributed by atoms with Crippen molar-refractivity contribution in [3.63, 3.8) is 0 Å². The Kier molecular flexibility index (Phi) is 6.16. The third-order valence-electron chi connectivity index (χ3n) is 4.57. The van der Waals surface area contributed by atoms with Gasteiger partial charge in [-0.1, -0.05) is 26.0 Å². The van der Waals surface area contributed by atoms with Gasteiger partial charge < -0.3 is 14.8 Å². The van der Waals surface area contributed by atoms with E-state index in [1.54, 1.807) is 32.0 Å². The number of hydrogen-bond acceptors (Lipinski definition) is 9. The average Bonchev–Trinajstić information content (AvgIpc) is 3.20. The molecule has 1 unspecified atom stereocenters. The van der Waals surface area contributed by atoms with Crippen molar-refractivity contribution in [3.05, 3.63) is 46.3 Å². The Bertz CT molecular complexity index is 1090. The van der Waals surface area contributed by atoms with Crippen LogP contribution >= 0.6 is 0 Å². The molecule has 1 atom stereocenters. The maximum Gasteiger partial charge on any atom is 0.337 e. The highest BCUT2D eigenvalue weighted by Gasteiger charge is 2.40. The lowest BCUT2D eigenvalue weighted by Gasteiger charge is -2.29. The molecule has 0 fully saturated rings. The van der Waals surface area contributed by atoms with Crippen LogP contribution in [0.4, 0.5) is 0 Å². The molecule has 9 heteroatoms. The standard InChI is InChI=1S/C21H22N4O5/c1-5-28-21(27)18-15(9-22)23-12(4)16(20(26)29-10-11(2)3)17(18)13-7-6-8-14-19(13)25-30-24-14/h6-8,11,17,23H,5,10H2,1-4H3. The Labute approximate surface area is 173 Å². The number of esters is 2. The molecule has 0 saturated carbocycles. The number of dihydropyridines is 1. The SMILES string of the molecule is CCOC(=O)C1=C(C#N)NC(C)=C(C(=O)OCC(C)C)C1c1cccc2nonc12. The fourth-order valence-electron chi connectivity index (χ4n) is 3.31. The second-order valence-electron chi connectivity index (χ2n) is 7.19. The summed E-state index contributed by atoms with van der Waals surface area (Å²) in [5.74, 6) is -2.11. The monoisotopic (exact) mass is 410 g/mol. The van der Waals surface area contributed by atoms with Gasteiger partial charge in [0.05, 0.1) is 30.3 Å². The van der Waals surface area contributed by atoms with E-state index in [1.807, 2.05) is 19.9 Å². The third kappa shape index (κ3) is 3.89. The summed E-state index contributed by atoms with van der Waals surface area (Å²) in [6, 6.07) is 7.12. The Balaban J connectivity index is 2.23. The minimum Gasteiger partial charge on any atom is -0.463 e. The Hall–Kier alpha value is -3.67. The molecule has 2 heterocycles. The maximum atomic E-state index is 13.1. The zero-order chi connectivity index (χ0) is 21.8. The van der Waals surface area contributed by atoms with E-state index < -0.39 is 17.9 Å². The Morgan fingerprint density at radius 2 is 1.97 bits per heavy atom. The van der Waals surface area contributed by atoms with Gasteiger partial charge in [-0.3, -0.25) is 0 Å². The Morgan fingerprint density at radius 3 is 2.63 bits per heavy atom. The van der Waals surface area contributed by atoms with Crippen LogP contribution in [0.25, 0.3) is 11.0 Å². The first-order valence-electron chi connectivity index (χ1n) is 9.56. The van der Waals surface area contributed by atoms with E-state index >= 15 is 0 Å². The molecule has 1 aliphatic rings. The summed E-state index contributed by atoms with van der Waals surface area (Å²) in [4.78, 5) is 25.9. The summed E-state index contributed by atoms with van der Waals surface area (Å²) < 4.78 is 15.5. The number of benzene rings is 1. The van der Waals surface area contributed by atoms with E-state index in [0.717, 1.165) is 0 Å². The summed E-state index contributed by atoms with van der Waals surface area (Å²) >= 11 is 0. The van der Waals surface area contributed by atoms with Gasteiger partial charge in [0.2, 0.25) is 0 Å². The van der Waals surface area contributed by atoms with Gasteiger partial charge in [-0.2, -0.15) is 5.26 Å². The van der Waals surface area contributed by atoms with Crippen molar-refractivity contribution in [2.75, 3.05) is 13.2 Å². The third-order valence-corrected chi connectivity index (χ3v) is 4.57. The second-order valence-corrected chi connectivity index (χ2v) is 7.19. The van der Waals surface area contributed by atoms with Crippen molar-refractivity contribution in [2.24, 2.45) is 5.92 Å². The van der Waals surface area contributed by atoms with Crippen LogP contribution in [0.5, 0.6) is 0 Å². The Morgan fingerprint density at radius 1 is 1.23 bits per heavy atom. The molecule has 1 aromatic heterocycles. The van der Waals surface area contributed by atoms with E-state index in [1.165, 1.54) is 0 Å². The van der Waals surface area contributed by atoms with Crippen LogP contribution in [0.15, 0.2) is 45.4 Å². The van der Waals surface area contributed by atoms with E-state index in [9.17, 15) is 14.9 Å². The van der Waals surface area contributed by atoms with E-state index in [4.69, 9.17) is 14.1 Å². The number of nitrogens with zero attached hydrogens (tertiary/aromatic N) is 3. The molecule has 2 aromatic rings. The van der Waals surface area contributed by atoms with Gasteiger partial charge in [-0.25, -0.2) is 14.2 Å². The predicted molar refractivity (Wildman–Crippen MR) is 105 cm³/mol. The van der Waals surface area contributed by atoms with E-state index in [0.29, 0.717) is 22.3 Å². The van der Waals surface area contributed by atoms with Gasteiger partial charge >= 0.3 is 11.9 Å². The summed E-state index contributed by atoms with van der Waals surface area (Å²) in [5, 5.41) is 20.3. The molecule has 1 aliphatic heterocycles. The summed E-state index contributed by atoms with van der Waals surface area (Å²) in [5.41, 5.74) is 1.95. The van der Waals surface area contributed by atoms with Crippen LogP contribution in [0.1, 0.15) is 39.2 Å². The number of fused-ring (bicyclic) bond motifs is 1. The number of rotatable bonds is 6. The first kappa shape index (κ1) is 21.0. The van der Waals surface area contributed by atoms with Crippen LogP contribution in [0.2, 0.25) is 0 Å². The number of allylic oxidation sites excluding steroid dienone is 2. The van der Waals surface area contributed by atoms with Gasteiger partial charge in [0.15, 0.2) is 0 Å². The molecule has 0 aliphatic carbocycles. The van der Waals surface area contributed by atoms with Crippen molar-refractivity contribution >= 4 is 23.0 Å². The quantitative estimate of drug-likeness (QED) is 0.715. The molecule has 1 aromatic carbocycles. The van der Waals surface area contributed by atoms with Gasteiger partial charge in [0.25, 0.3) is 0 Å². The molecule has 30 heavy (non-hydrogen) atoms. The van der Waals surface area contributed by atoms with Crippen molar-refractivity contribution in [1.82, 2.24) is 15.6 Å². The van der Waals surface area contributed by atoms with Crippen LogP contribution in [-0.2, 0) is 19.1 Å². The summed E-state index contributed by atoms with van der Waals surface area (Å²) in [7, 11) is 0. The molecule has 0 bridgehead atoms. The number of carbonyl (C=O) groups excluding carboxylic acids is 2. The lowest BCUT2D eigenvalue weighted by molar-refractivity contribution is -0.140. The highest BCUT2D eigenvalue weighted by molar-refractivity contribution is 6.01. The average molecular weight is 410 g/mol. The minimum absolute atomic E-state index is 0.00446. The van der Waals surface area contributed by atoms with Gasteiger partial charge in [-0.05, 0) is 41.7 Å².